The lowest BCUT2D eigenvalue weighted by atomic mass is 9.50. The molecular weight excluding hydrogens is 436 g/mol. The van der Waals surface area contributed by atoms with E-state index in [4.69, 9.17) is 4.74 Å². The van der Waals surface area contributed by atoms with Crippen LogP contribution < -0.4 is 0 Å². The van der Waals surface area contributed by atoms with E-state index in [1.165, 1.54) is 5.57 Å². The first-order chi connectivity index (χ1) is 16.1. The Morgan fingerprint density at radius 3 is 2.23 bits per heavy atom. The van der Waals surface area contributed by atoms with Gasteiger partial charge in [0.15, 0.2) is 5.79 Å². The van der Waals surface area contributed by atoms with Crippen molar-refractivity contribution in [2.45, 2.75) is 130 Å². The molecule has 0 aromatic heterocycles. The van der Waals surface area contributed by atoms with Gasteiger partial charge in [-0.2, -0.15) is 0 Å². The lowest BCUT2D eigenvalue weighted by molar-refractivity contribution is -0.268. The van der Waals surface area contributed by atoms with E-state index >= 15 is 0 Å². The van der Waals surface area contributed by atoms with E-state index < -0.39 is 17.0 Å². The van der Waals surface area contributed by atoms with Crippen LogP contribution in [0, 0.1) is 34.5 Å². The zero-order valence-corrected chi connectivity index (χ0v) is 23.7. The Morgan fingerprint density at radius 1 is 1.00 bits per heavy atom. The van der Waals surface area contributed by atoms with Crippen LogP contribution in [-0.2, 0) is 9.53 Å². The number of hydrogen-bond acceptors (Lipinski definition) is 4. The van der Waals surface area contributed by atoms with Crippen LogP contribution in [0.5, 0.6) is 0 Å². The Hall–Kier alpha value is -0.970. The van der Waals surface area contributed by atoms with Crippen molar-refractivity contribution in [1.29, 1.82) is 0 Å². The standard InChI is InChI=1S/C31H52O4/c1-22-12-9-10-18-29(22,6)25-15-20-30(7)24(23(25)16-21-32)13-14-26(30)31(8,35-28(4,5)34)19-11-17-27(2,3)33/h9-10,16,21-22,24-26,33-34H,11-15,17-20H2,1-8H3/b23-16-. The first-order valence-corrected chi connectivity index (χ1v) is 14.0. The van der Waals surface area contributed by atoms with Crippen molar-refractivity contribution in [3.8, 4) is 0 Å². The van der Waals surface area contributed by atoms with Crippen molar-refractivity contribution in [3.63, 3.8) is 0 Å². The highest BCUT2D eigenvalue weighted by Crippen LogP contribution is 2.66. The molecule has 0 spiro atoms. The number of allylic oxidation sites excluding steroid dienone is 4. The van der Waals surface area contributed by atoms with Crippen LogP contribution in [-0.4, -0.2) is 33.5 Å². The Labute approximate surface area is 214 Å². The summed E-state index contributed by atoms with van der Waals surface area (Å²) in [7, 11) is 0. The van der Waals surface area contributed by atoms with Gasteiger partial charge in [-0.3, -0.25) is 4.79 Å². The number of fused-ring (bicyclic) bond motifs is 1. The molecule has 0 saturated heterocycles. The molecule has 0 aromatic carbocycles. The van der Waals surface area contributed by atoms with Crippen LogP contribution in [0.15, 0.2) is 23.8 Å². The third kappa shape index (κ3) is 5.96. The minimum absolute atomic E-state index is 0.0180. The van der Waals surface area contributed by atoms with E-state index in [1.54, 1.807) is 13.8 Å². The molecule has 2 N–H and O–H groups in total. The number of aliphatic hydroxyl groups is 2. The third-order valence-corrected chi connectivity index (χ3v) is 10.2. The molecule has 3 rings (SSSR count). The van der Waals surface area contributed by atoms with Gasteiger partial charge in [-0.05, 0) is 133 Å². The molecule has 4 heteroatoms. The molecule has 200 valence electrons. The van der Waals surface area contributed by atoms with Gasteiger partial charge in [-0.15, -0.1) is 0 Å². The molecule has 0 bridgehead atoms. The van der Waals surface area contributed by atoms with Crippen LogP contribution in [0.1, 0.15) is 113 Å². The molecule has 3 aliphatic carbocycles. The van der Waals surface area contributed by atoms with Crippen molar-refractivity contribution in [2.24, 2.45) is 34.5 Å². The minimum Gasteiger partial charge on any atom is -0.390 e. The lowest BCUT2D eigenvalue weighted by Gasteiger charge is -2.55. The predicted molar refractivity (Wildman–Crippen MR) is 143 cm³/mol. The van der Waals surface area contributed by atoms with Crippen LogP contribution >= 0.6 is 0 Å². The summed E-state index contributed by atoms with van der Waals surface area (Å²) in [5.74, 6) is 0.445. The van der Waals surface area contributed by atoms with Gasteiger partial charge in [0, 0.05) is 0 Å². The van der Waals surface area contributed by atoms with Crippen molar-refractivity contribution in [2.75, 3.05) is 0 Å². The highest BCUT2D eigenvalue weighted by molar-refractivity contribution is 5.67. The third-order valence-electron chi connectivity index (χ3n) is 10.2. The van der Waals surface area contributed by atoms with Crippen molar-refractivity contribution < 1.29 is 19.7 Å². The summed E-state index contributed by atoms with van der Waals surface area (Å²) in [5, 5.41) is 21.0. The van der Waals surface area contributed by atoms with Crippen LogP contribution in [0.3, 0.4) is 0 Å². The Kier molecular flexibility index (Phi) is 8.22. The second kappa shape index (κ2) is 10.1. The quantitative estimate of drug-likeness (QED) is 0.159. The molecule has 2 fully saturated rings. The summed E-state index contributed by atoms with van der Waals surface area (Å²) < 4.78 is 6.49. The molecule has 0 heterocycles. The summed E-state index contributed by atoms with van der Waals surface area (Å²) in [4.78, 5) is 11.9. The fourth-order valence-corrected chi connectivity index (χ4v) is 8.35. The molecule has 35 heavy (non-hydrogen) atoms. The average Bonchev–Trinajstić information content (AvgIpc) is 3.06. The number of aldehydes is 1. The summed E-state index contributed by atoms with van der Waals surface area (Å²) in [6, 6.07) is 0. The molecule has 0 amide bonds. The van der Waals surface area contributed by atoms with Gasteiger partial charge in [0.05, 0.1) is 11.2 Å². The molecule has 7 unspecified atom stereocenters. The maximum absolute atomic E-state index is 11.9. The number of hydrogen-bond donors (Lipinski definition) is 2. The van der Waals surface area contributed by atoms with Gasteiger partial charge in [0.25, 0.3) is 0 Å². The molecule has 0 aromatic rings. The Balaban J connectivity index is 1.94. The summed E-state index contributed by atoms with van der Waals surface area (Å²) in [6.45, 7) is 16.6. The smallest absolute Gasteiger partial charge is 0.160 e. The molecule has 0 radical (unpaired) electrons. The maximum Gasteiger partial charge on any atom is 0.160 e. The van der Waals surface area contributed by atoms with E-state index in [0.29, 0.717) is 24.2 Å². The maximum atomic E-state index is 11.9. The number of carbonyl (C=O) groups excluding carboxylic acids is 1. The summed E-state index contributed by atoms with van der Waals surface area (Å²) in [5.41, 5.74) is 0.350. The Morgan fingerprint density at radius 2 is 1.66 bits per heavy atom. The van der Waals surface area contributed by atoms with E-state index in [0.717, 1.165) is 57.7 Å². The van der Waals surface area contributed by atoms with Crippen molar-refractivity contribution >= 4 is 6.29 Å². The van der Waals surface area contributed by atoms with Gasteiger partial charge in [0.2, 0.25) is 0 Å². The van der Waals surface area contributed by atoms with Crippen LogP contribution in [0.2, 0.25) is 0 Å². The van der Waals surface area contributed by atoms with Gasteiger partial charge in [-0.1, -0.05) is 38.5 Å². The van der Waals surface area contributed by atoms with E-state index in [9.17, 15) is 15.0 Å². The molecule has 3 aliphatic rings. The normalized spacial score (nSPS) is 38.9. The van der Waals surface area contributed by atoms with Crippen molar-refractivity contribution in [3.05, 3.63) is 23.8 Å². The first kappa shape index (κ1) is 28.6. The highest BCUT2D eigenvalue weighted by Gasteiger charge is 2.60. The summed E-state index contributed by atoms with van der Waals surface area (Å²) in [6.07, 6.45) is 16.4. The molecule has 2 saturated carbocycles. The first-order valence-electron chi connectivity index (χ1n) is 14.0. The predicted octanol–water partition coefficient (Wildman–Crippen LogP) is 6.99. The fourth-order valence-electron chi connectivity index (χ4n) is 8.35. The zero-order valence-electron chi connectivity index (χ0n) is 23.7. The second-order valence-electron chi connectivity index (χ2n) is 13.9. The molecule has 0 aliphatic heterocycles. The van der Waals surface area contributed by atoms with E-state index in [2.05, 4.69) is 39.8 Å². The largest absolute Gasteiger partial charge is 0.390 e. The SMILES string of the molecule is CC1CC=CCC1(C)C1CCC2(C)C(CCC2C(C)(CCCC(C)(C)O)OC(C)(C)O)/C1=C/C=O. The number of ether oxygens (including phenoxy) is 1. The number of rotatable bonds is 9. The van der Waals surface area contributed by atoms with Crippen molar-refractivity contribution in [1.82, 2.24) is 0 Å². The molecule has 7 atom stereocenters. The minimum atomic E-state index is -1.23. The average molecular weight is 489 g/mol. The molecular formula is C31H52O4. The lowest BCUT2D eigenvalue weighted by Crippen LogP contribution is -2.52. The monoisotopic (exact) mass is 488 g/mol. The fraction of sp³-hybridized carbons (Fsp3) is 0.839. The topological polar surface area (TPSA) is 66.8 Å². The highest BCUT2D eigenvalue weighted by atomic mass is 16.6. The van der Waals surface area contributed by atoms with E-state index in [1.807, 2.05) is 19.9 Å². The molecule has 4 nitrogen and oxygen atoms in total. The van der Waals surface area contributed by atoms with Gasteiger partial charge in [0.1, 0.15) is 6.29 Å². The van der Waals surface area contributed by atoms with E-state index in [-0.39, 0.29) is 16.7 Å². The van der Waals surface area contributed by atoms with Gasteiger partial charge >= 0.3 is 0 Å². The van der Waals surface area contributed by atoms with Gasteiger partial charge < -0.3 is 14.9 Å². The second-order valence-corrected chi connectivity index (χ2v) is 13.9. The van der Waals surface area contributed by atoms with Gasteiger partial charge in [-0.25, -0.2) is 0 Å². The number of carbonyl (C=O) groups is 1. The van der Waals surface area contributed by atoms with Crippen LogP contribution in [0.4, 0.5) is 0 Å². The Bertz CT molecular complexity index is 815. The zero-order chi connectivity index (χ0) is 26.3. The van der Waals surface area contributed by atoms with Crippen LogP contribution in [0.25, 0.3) is 0 Å². The summed E-state index contributed by atoms with van der Waals surface area (Å²) >= 11 is 0.